The number of nitrogens with one attached hydrogen (secondary N) is 1. The Balaban J connectivity index is 1.34. The van der Waals surface area contributed by atoms with Gasteiger partial charge in [0.05, 0.1) is 23.5 Å². The molecule has 142 valence electrons. The van der Waals surface area contributed by atoms with Crippen LogP contribution in [0.15, 0.2) is 49.1 Å². The quantitative estimate of drug-likeness (QED) is 0.684. The first-order valence-corrected chi connectivity index (χ1v) is 9.62. The van der Waals surface area contributed by atoms with Crippen LogP contribution in [0.3, 0.4) is 0 Å². The van der Waals surface area contributed by atoms with Gasteiger partial charge in [0.1, 0.15) is 0 Å². The Morgan fingerprint density at radius 3 is 2.81 bits per heavy atom. The molecule has 1 saturated carbocycles. The minimum atomic E-state index is -0.331. The van der Waals surface area contributed by atoms with E-state index in [0.717, 1.165) is 37.1 Å². The molecule has 1 aliphatic carbocycles. The van der Waals surface area contributed by atoms with E-state index in [4.69, 9.17) is 11.6 Å². The van der Waals surface area contributed by atoms with Gasteiger partial charge in [-0.2, -0.15) is 10.2 Å². The molecule has 3 atom stereocenters. The lowest BCUT2D eigenvalue weighted by Crippen LogP contribution is -2.35. The molecule has 2 N–H and O–H groups in total. The molecule has 6 nitrogen and oxygen atoms in total. The molecule has 0 saturated heterocycles. The van der Waals surface area contributed by atoms with E-state index in [9.17, 15) is 5.11 Å². The van der Waals surface area contributed by atoms with Crippen LogP contribution in [0.1, 0.15) is 18.4 Å². The van der Waals surface area contributed by atoms with Crippen molar-refractivity contribution in [2.45, 2.75) is 38.1 Å². The van der Waals surface area contributed by atoms with Crippen LogP contribution in [-0.4, -0.2) is 36.8 Å². The third-order valence-electron chi connectivity index (χ3n) is 5.21. The zero-order valence-electron chi connectivity index (χ0n) is 15.3. The number of halogens is 1. The molecule has 3 aromatic rings. The highest BCUT2D eigenvalue weighted by atomic mass is 35.5. The molecule has 7 heteroatoms. The van der Waals surface area contributed by atoms with Gasteiger partial charge in [-0.15, -0.1) is 0 Å². The van der Waals surface area contributed by atoms with Crippen molar-refractivity contribution in [2.75, 3.05) is 0 Å². The second-order valence-corrected chi connectivity index (χ2v) is 7.81. The second-order valence-electron chi connectivity index (χ2n) is 7.38. The summed E-state index contributed by atoms with van der Waals surface area (Å²) in [7, 11) is 1.92. The van der Waals surface area contributed by atoms with Gasteiger partial charge in [-0.1, -0.05) is 29.8 Å². The summed E-state index contributed by atoms with van der Waals surface area (Å²) in [6.45, 7) is 1.52. The fourth-order valence-electron chi connectivity index (χ4n) is 3.87. The number of rotatable bonds is 6. The van der Waals surface area contributed by atoms with Gasteiger partial charge in [0, 0.05) is 44.1 Å². The first-order valence-electron chi connectivity index (χ1n) is 9.24. The van der Waals surface area contributed by atoms with Gasteiger partial charge in [-0.25, -0.2) is 0 Å². The van der Waals surface area contributed by atoms with Crippen LogP contribution in [0.2, 0.25) is 5.02 Å². The van der Waals surface area contributed by atoms with Gasteiger partial charge in [0.15, 0.2) is 0 Å². The Bertz CT molecular complexity index is 905. The molecule has 2 aromatic heterocycles. The zero-order chi connectivity index (χ0) is 18.8. The van der Waals surface area contributed by atoms with Crippen molar-refractivity contribution < 1.29 is 5.11 Å². The van der Waals surface area contributed by atoms with Crippen LogP contribution in [0.25, 0.3) is 11.1 Å². The molecule has 2 heterocycles. The van der Waals surface area contributed by atoms with Gasteiger partial charge < -0.3 is 10.4 Å². The van der Waals surface area contributed by atoms with Crippen molar-refractivity contribution in [1.82, 2.24) is 24.9 Å². The van der Waals surface area contributed by atoms with E-state index in [1.54, 1.807) is 6.20 Å². The summed E-state index contributed by atoms with van der Waals surface area (Å²) in [4.78, 5) is 0. The summed E-state index contributed by atoms with van der Waals surface area (Å²) in [5.41, 5.74) is 3.46. The van der Waals surface area contributed by atoms with Crippen LogP contribution in [0.4, 0.5) is 0 Å². The largest absolute Gasteiger partial charge is 0.391 e. The highest BCUT2D eigenvalue weighted by molar-refractivity contribution is 6.30. The predicted octanol–water partition coefficient (Wildman–Crippen LogP) is 2.87. The average Bonchev–Trinajstić information content (AvgIpc) is 3.35. The van der Waals surface area contributed by atoms with Crippen molar-refractivity contribution in [3.05, 3.63) is 59.6 Å². The molecule has 0 amide bonds. The summed E-state index contributed by atoms with van der Waals surface area (Å²) in [6.07, 6.45) is 8.75. The predicted molar refractivity (Wildman–Crippen MR) is 105 cm³/mol. The third kappa shape index (κ3) is 4.40. The number of aliphatic hydroxyl groups is 1. The number of nitrogens with zero attached hydrogens (tertiary/aromatic N) is 4. The Kier molecular flexibility index (Phi) is 5.29. The second kappa shape index (κ2) is 7.84. The van der Waals surface area contributed by atoms with E-state index in [1.165, 1.54) is 5.56 Å². The lowest BCUT2D eigenvalue weighted by atomic mass is 10.1. The molecule has 0 bridgehead atoms. The van der Waals surface area contributed by atoms with Gasteiger partial charge >= 0.3 is 0 Å². The Labute approximate surface area is 163 Å². The van der Waals surface area contributed by atoms with Crippen LogP contribution in [0, 0.1) is 5.92 Å². The third-order valence-corrected chi connectivity index (χ3v) is 5.40. The fourth-order valence-corrected chi connectivity index (χ4v) is 4.03. The summed E-state index contributed by atoms with van der Waals surface area (Å²) >= 11 is 5.93. The molecular formula is C20H24ClN5O. The molecule has 1 fully saturated rings. The number of aromatic nitrogens is 4. The van der Waals surface area contributed by atoms with Crippen molar-refractivity contribution in [3.8, 4) is 11.1 Å². The number of aliphatic hydroxyl groups excluding tert-OH is 1. The van der Waals surface area contributed by atoms with Crippen LogP contribution in [0.5, 0.6) is 0 Å². The molecule has 0 radical (unpaired) electrons. The normalized spacial score (nSPS) is 22.4. The van der Waals surface area contributed by atoms with E-state index in [2.05, 4.69) is 39.8 Å². The lowest BCUT2D eigenvalue weighted by molar-refractivity contribution is 0.145. The summed E-state index contributed by atoms with van der Waals surface area (Å²) in [6, 6.07) is 8.54. The maximum atomic E-state index is 10.4. The topological polar surface area (TPSA) is 67.9 Å². The molecule has 27 heavy (non-hydrogen) atoms. The Morgan fingerprint density at radius 2 is 2.07 bits per heavy atom. The van der Waals surface area contributed by atoms with Crippen molar-refractivity contribution in [3.63, 3.8) is 0 Å². The zero-order valence-corrected chi connectivity index (χ0v) is 16.0. The monoisotopic (exact) mass is 385 g/mol. The summed E-state index contributed by atoms with van der Waals surface area (Å²) in [5, 5.41) is 23.1. The number of benzene rings is 1. The molecule has 1 aliphatic rings. The van der Waals surface area contributed by atoms with Crippen molar-refractivity contribution in [2.24, 2.45) is 13.0 Å². The number of aryl methyl sites for hydroxylation is 1. The first kappa shape index (κ1) is 18.2. The molecule has 1 aromatic carbocycles. The molecule has 4 rings (SSSR count). The number of hydrogen-bond acceptors (Lipinski definition) is 4. The van der Waals surface area contributed by atoms with Crippen LogP contribution < -0.4 is 5.32 Å². The van der Waals surface area contributed by atoms with Gasteiger partial charge in [0.2, 0.25) is 0 Å². The maximum Gasteiger partial charge on any atom is 0.0785 e. The highest BCUT2D eigenvalue weighted by Crippen LogP contribution is 2.28. The van der Waals surface area contributed by atoms with E-state index in [0.29, 0.717) is 10.9 Å². The van der Waals surface area contributed by atoms with Gasteiger partial charge in [-0.05, 0) is 36.0 Å². The van der Waals surface area contributed by atoms with Gasteiger partial charge in [-0.3, -0.25) is 9.36 Å². The van der Waals surface area contributed by atoms with Crippen molar-refractivity contribution >= 4 is 11.6 Å². The van der Waals surface area contributed by atoms with Crippen molar-refractivity contribution in [1.29, 1.82) is 0 Å². The average molecular weight is 386 g/mol. The fraction of sp³-hybridized carbons (Fsp3) is 0.400. The molecule has 0 aliphatic heterocycles. The van der Waals surface area contributed by atoms with E-state index in [-0.39, 0.29) is 12.1 Å². The van der Waals surface area contributed by atoms with Gasteiger partial charge in [0.25, 0.3) is 0 Å². The summed E-state index contributed by atoms with van der Waals surface area (Å²) in [5.74, 6) is 0.398. The summed E-state index contributed by atoms with van der Waals surface area (Å²) < 4.78 is 3.67. The Morgan fingerprint density at radius 1 is 1.19 bits per heavy atom. The molecule has 1 unspecified atom stereocenters. The van der Waals surface area contributed by atoms with E-state index >= 15 is 0 Å². The minimum Gasteiger partial charge on any atom is -0.391 e. The number of hydrogen-bond donors (Lipinski definition) is 2. The lowest BCUT2D eigenvalue weighted by Gasteiger charge is -2.16. The maximum absolute atomic E-state index is 10.4. The SMILES string of the molecule is Cn1cc(-c2cccc(CN[C@@H]3CC(Cn4cc(Cl)cn4)C[C@H]3O)c2)cn1. The van der Waals surface area contributed by atoms with E-state index in [1.807, 2.05) is 35.0 Å². The van der Waals surface area contributed by atoms with E-state index < -0.39 is 0 Å². The smallest absolute Gasteiger partial charge is 0.0785 e. The highest BCUT2D eigenvalue weighted by Gasteiger charge is 2.32. The van der Waals surface area contributed by atoms with Crippen LogP contribution in [-0.2, 0) is 20.1 Å². The first-order chi connectivity index (χ1) is 13.1. The van der Waals surface area contributed by atoms with Crippen LogP contribution >= 0.6 is 11.6 Å². The molecule has 0 spiro atoms. The minimum absolute atomic E-state index is 0.100. The standard InChI is InChI=1S/C20H24ClN5O/c1-25-12-17(9-23-25)16-4-2-3-14(5-16)8-22-19-6-15(7-20(19)27)11-26-13-18(21)10-24-26/h2-5,9-10,12-13,15,19-20,22,27H,6-8,11H2,1H3/t15?,19-,20-/m1/s1. The Hall–Kier alpha value is -2.15. The molecular weight excluding hydrogens is 362 g/mol.